The second-order valence-corrected chi connectivity index (χ2v) is 8.41. The van der Waals surface area contributed by atoms with E-state index >= 15 is 0 Å². The molecule has 0 fully saturated rings. The molecule has 2 aliphatic rings. The van der Waals surface area contributed by atoms with Gasteiger partial charge in [0.1, 0.15) is 0 Å². The van der Waals surface area contributed by atoms with Crippen molar-refractivity contribution in [2.24, 2.45) is 0 Å². The van der Waals surface area contributed by atoms with Gasteiger partial charge in [-0.25, -0.2) is 0 Å². The zero-order chi connectivity index (χ0) is 23.0. The summed E-state index contributed by atoms with van der Waals surface area (Å²) in [5.41, 5.74) is 5.06. The molecule has 0 radical (unpaired) electrons. The summed E-state index contributed by atoms with van der Waals surface area (Å²) in [6.07, 6.45) is 17.6. The summed E-state index contributed by atoms with van der Waals surface area (Å²) in [5.74, 6) is 0. The summed E-state index contributed by atoms with van der Waals surface area (Å²) >= 11 is 0. The SMILES string of the molecule is [C-]1=c2ccccc2=CC1=CCc1ccccc1.[C-]1=c2ccccc2=CC1=CCc1ccccc1.[Cl-].[Cl-].[Zr+4]. The van der Waals surface area contributed by atoms with Crippen LogP contribution in [0.3, 0.4) is 0 Å². The first-order valence-corrected chi connectivity index (χ1v) is 11.7. The molecule has 0 N–H and O–H groups in total. The molecule has 0 atom stereocenters. The molecule has 0 aromatic heterocycles. The van der Waals surface area contributed by atoms with Gasteiger partial charge in [0.05, 0.1) is 0 Å². The normalized spacial score (nSPS) is 13.9. The summed E-state index contributed by atoms with van der Waals surface area (Å²) < 4.78 is 0. The number of halogens is 2. The van der Waals surface area contributed by atoms with Crippen LogP contribution in [0.25, 0.3) is 24.3 Å². The standard InChI is InChI=1S/2C17H13.2ClH.Zr/c2*1-2-6-14(7-3-1)10-11-15-12-16-8-4-5-9-17(16)13-15;;;/h2*1-9,11-12H,10H2;2*1H;/q2*-1;;;+4/p-2. The van der Waals surface area contributed by atoms with E-state index in [9.17, 15) is 0 Å². The maximum atomic E-state index is 3.41. The fourth-order valence-electron chi connectivity index (χ4n) is 4.10. The van der Waals surface area contributed by atoms with Crippen LogP contribution in [0.15, 0.2) is 132 Å². The maximum Gasteiger partial charge on any atom is 4.00 e. The molecular formula is C34H26Cl2Zr. The van der Waals surface area contributed by atoms with Gasteiger partial charge in [0.2, 0.25) is 0 Å². The van der Waals surface area contributed by atoms with Crippen molar-refractivity contribution in [3.63, 3.8) is 0 Å². The topological polar surface area (TPSA) is 0 Å². The number of hydrogen-bond acceptors (Lipinski definition) is 0. The van der Waals surface area contributed by atoms with E-state index in [0.29, 0.717) is 0 Å². The van der Waals surface area contributed by atoms with E-state index < -0.39 is 0 Å². The van der Waals surface area contributed by atoms with Crippen LogP contribution >= 0.6 is 0 Å². The Kier molecular flexibility index (Phi) is 12.8. The molecule has 0 saturated carbocycles. The third-order valence-corrected chi connectivity index (χ3v) is 5.90. The Morgan fingerprint density at radius 1 is 0.459 bits per heavy atom. The minimum absolute atomic E-state index is 0. The molecule has 0 amide bonds. The predicted octanol–water partition coefficient (Wildman–Crippen LogP) is -1.38. The third-order valence-electron chi connectivity index (χ3n) is 5.90. The Labute approximate surface area is 251 Å². The molecule has 0 spiro atoms. The van der Waals surface area contributed by atoms with Crippen molar-refractivity contribution in [2.75, 3.05) is 0 Å². The summed E-state index contributed by atoms with van der Waals surface area (Å²) in [6.45, 7) is 0. The van der Waals surface area contributed by atoms with Gasteiger partial charge in [0.15, 0.2) is 0 Å². The van der Waals surface area contributed by atoms with Crippen molar-refractivity contribution in [1.82, 2.24) is 0 Å². The van der Waals surface area contributed by atoms with Crippen molar-refractivity contribution < 1.29 is 51.0 Å². The number of benzene rings is 4. The third kappa shape index (κ3) is 8.68. The van der Waals surface area contributed by atoms with E-state index in [1.807, 2.05) is 12.1 Å². The van der Waals surface area contributed by atoms with Crippen LogP contribution in [0.4, 0.5) is 0 Å². The molecule has 2 aliphatic carbocycles. The van der Waals surface area contributed by atoms with Crippen LogP contribution in [0.2, 0.25) is 0 Å². The Balaban J connectivity index is 0.000000241. The smallest absolute Gasteiger partial charge is 1.00 e. The summed E-state index contributed by atoms with van der Waals surface area (Å²) in [4.78, 5) is 0. The summed E-state index contributed by atoms with van der Waals surface area (Å²) in [6, 6.07) is 37.7. The minimum atomic E-state index is 0. The van der Waals surface area contributed by atoms with Crippen molar-refractivity contribution in [1.29, 1.82) is 0 Å². The zero-order valence-corrected chi connectivity index (χ0v) is 24.3. The van der Waals surface area contributed by atoms with Gasteiger partial charge in [-0.15, -0.1) is 80.6 Å². The molecule has 4 aromatic carbocycles. The number of fused-ring (bicyclic) bond motifs is 2. The van der Waals surface area contributed by atoms with E-state index in [-0.39, 0.29) is 51.0 Å². The monoisotopic (exact) mass is 594 g/mol. The molecule has 3 heteroatoms. The van der Waals surface area contributed by atoms with Gasteiger partial charge >= 0.3 is 26.2 Å². The second-order valence-electron chi connectivity index (χ2n) is 8.41. The molecule has 0 aliphatic heterocycles. The minimum Gasteiger partial charge on any atom is -1.00 e. The molecule has 0 unspecified atom stereocenters. The van der Waals surface area contributed by atoms with Gasteiger partial charge in [0, 0.05) is 0 Å². The average Bonchev–Trinajstić information content (AvgIpc) is 3.51. The molecule has 37 heavy (non-hydrogen) atoms. The Morgan fingerprint density at radius 2 is 0.811 bits per heavy atom. The molecule has 0 heterocycles. The molecule has 4 aromatic rings. The van der Waals surface area contributed by atoms with Crippen LogP contribution in [0, 0.1) is 0 Å². The van der Waals surface area contributed by atoms with E-state index in [1.165, 1.54) is 43.1 Å². The largest absolute Gasteiger partial charge is 4.00 e. The van der Waals surface area contributed by atoms with E-state index in [0.717, 1.165) is 12.8 Å². The van der Waals surface area contributed by atoms with Gasteiger partial charge in [-0.2, -0.15) is 0 Å². The Morgan fingerprint density at radius 3 is 1.19 bits per heavy atom. The molecular weight excluding hydrogens is 571 g/mol. The molecule has 180 valence electrons. The zero-order valence-electron chi connectivity index (χ0n) is 20.4. The molecule has 0 saturated heterocycles. The van der Waals surface area contributed by atoms with E-state index in [4.69, 9.17) is 0 Å². The van der Waals surface area contributed by atoms with Crippen molar-refractivity contribution >= 4 is 24.3 Å². The number of hydrogen-bond donors (Lipinski definition) is 0. The second kappa shape index (κ2) is 15.5. The molecule has 0 bridgehead atoms. The first kappa shape index (κ1) is 30.5. The molecule has 0 nitrogen and oxygen atoms in total. The van der Waals surface area contributed by atoms with Gasteiger partial charge < -0.3 is 24.8 Å². The van der Waals surface area contributed by atoms with Crippen LogP contribution in [-0.4, -0.2) is 0 Å². The Hall–Kier alpha value is -2.70. The summed E-state index contributed by atoms with van der Waals surface area (Å²) in [5, 5.41) is 4.94. The molecule has 6 rings (SSSR count). The fraction of sp³-hybridized carbons (Fsp3) is 0.0588. The van der Waals surface area contributed by atoms with Crippen molar-refractivity contribution in [3.05, 3.63) is 164 Å². The van der Waals surface area contributed by atoms with Crippen molar-refractivity contribution in [2.45, 2.75) is 12.8 Å². The quantitative estimate of drug-likeness (QED) is 0.255. The van der Waals surface area contributed by atoms with E-state index in [2.05, 4.69) is 134 Å². The number of allylic oxidation sites excluding steroid dienone is 4. The van der Waals surface area contributed by atoms with Gasteiger partial charge in [-0.05, 0) is 12.8 Å². The fourth-order valence-corrected chi connectivity index (χ4v) is 4.10. The first-order chi connectivity index (χ1) is 16.8. The predicted molar refractivity (Wildman–Crippen MR) is 144 cm³/mol. The maximum absolute atomic E-state index is 3.41. The summed E-state index contributed by atoms with van der Waals surface area (Å²) in [7, 11) is 0. The van der Waals surface area contributed by atoms with Crippen LogP contribution < -0.4 is 45.7 Å². The average molecular weight is 597 g/mol. The van der Waals surface area contributed by atoms with Gasteiger partial charge in [-0.1, -0.05) is 108 Å². The van der Waals surface area contributed by atoms with Crippen molar-refractivity contribution in [3.8, 4) is 0 Å². The van der Waals surface area contributed by atoms with Crippen LogP contribution in [-0.2, 0) is 39.0 Å². The van der Waals surface area contributed by atoms with Crippen LogP contribution in [0.5, 0.6) is 0 Å². The number of rotatable bonds is 4. The van der Waals surface area contributed by atoms with E-state index in [1.54, 1.807) is 0 Å². The Bertz CT molecular complexity index is 1390. The van der Waals surface area contributed by atoms with Gasteiger partial charge in [0.25, 0.3) is 0 Å². The van der Waals surface area contributed by atoms with Crippen LogP contribution in [0.1, 0.15) is 11.1 Å². The van der Waals surface area contributed by atoms with Gasteiger partial charge in [-0.3, -0.25) is 0 Å². The first-order valence-electron chi connectivity index (χ1n) is 11.7.